The molecule has 0 aliphatic carbocycles. The van der Waals surface area contributed by atoms with Crippen molar-refractivity contribution in [1.82, 2.24) is 0 Å². The maximum absolute atomic E-state index is 13.5. The van der Waals surface area contributed by atoms with Crippen LogP contribution in [0.4, 0.5) is 13.2 Å². The van der Waals surface area contributed by atoms with Crippen LogP contribution >= 0.6 is 34.5 Å². The third-order valence-corrected chi connectivity index (χ3v) is 5.24. The Morgan fingerprint density at radius 1 is 1.04 bits per heavy atom. The maximum atomic E-state index is 13.5. The lowest BCUT2D eigenvalue weighted by Gasteiger charge is -2.12. The van der Waals surface area contributed by atoms with Gasteiger partial charge in [-0.25, -0.2) is 0 Å². The first-order chi connectivity index (χ1) is 12.1. The van der Waals surface area contributed by atoms with E-state index in [2.05, 4.69) is 0 Å². The van der Waals surface area contributed by atoms with Gasteiger partial charge in [-0.3, -0.25) is 4.79 Å². The second-order valence-corrected chi connectivity index (χ2v) is 7.69. The average Bonchev–Trinajstić information content (AvgIpc) is 2.93. The smallest absolute Gasteiger partial charge is 0.288 e. The predicted octanol–water partition coefficient (Wildman–Crippen LogP) is 7.35. The predicted molar refractivity (Wildman–Crippen MR) is 101 cm³/mol. The van der Waals surface area contributed by atoms with Crippen LogP contribution in [-0.4, -0.2) is 12.0 Å². The lowest BCUT2D eigenvalue weighted by atomic mass is 10.0. The number of ketones is 1. The van der Waals surface area contributed by atoms with Gasteiger partial charge in [0, 0.05) is 14.7 Å². The van der Waals surface area contributed by atoms with Crippen LogP contribution in [0.15, 0.2) is 48.5 Å². The summed E-state index contributed by atoms with van der Waals surface area (Å²) in [5.74, 6) is -0.715. The van der Waals surface area contributed by atoms with Gasteiger partial charge in [0.05, 0.1) is 10.5 Å². The van der Waals surface area contributed by atoms with Crippen LogP contribution in [0, 0.1) is 6.92 Å². The Hall–Kier alpha value is -1.82. The number of fused-ring (bicyclic) bond motifs is 1. The van der Waals surface area contributed by atoms with Gasteiger partial charge in [0.2, 0.25) is 0 Å². The van der Waals surface area contributed by atoms with Crippen molar-refractivity contribution in [3.63, 3.8) is 0 Å². The first kappa shape index (κ1) is 19.0. The summed E-state index contributed by atoms with van der Waals surface area (Å²) in [6, 6.07) is 10.8. The monoisotopic (exact) mass is 414 g/mol. The van der Waals surface area contributed by atoms with E-state index < -0.39 is 17.5 Å². The van der Waals surface area contributed by atoms with Gasteiger partial charge in [-0.15, -0.1) is 11.3 Å². The van der Waals surface area contributed by atoms with Crippen molar-refractivity contribution in [2.24, 2.45) is 0 Å². The fourth-order valence-electron chi connectivity index (χ4n) is 2.52. The summed E-state index contributed by atoms with van der Waals surface area (Å²) >= 11 is 12.8. The second kappa shape index (κ2) is 7.06. The molecule has 0 saturated carbocycles. The van der Waals surface area contributed by atoms with Gasteiger partial charge in [0.15, 0.2) is 5.78 Å². The molecule has 0 aliphatic rings. The third-order valence-electron chi connectivity index (χ3n) is 3.67. The highest BCUT2D eigenvalue weighted by atomic mass is 35.5. The molecule has 0 unspecified atom stereocenters. The Morgan fingerprint density at radius 2 is 1.69 bits per heavy atom. The van der Waals surface area contributed by atoms with Crippen molar-refractivity contribution in [3.8, 4) is 0 Å². The van der Waals surface area contributed by atoms with Crippen LogP contribution in [0.5, 0.6) is 0 Å². The molecule has 0 atom stereocenters. The van der Waals surface area contributed by atoms with Gasteiger partial charge in [-0.1, -0.05) is 40.9 Å². The number of allylic oxidation sites excluding steroid dienone is 2. The zero-order chi connectivity index (χ0) is 19.1. The SMILES string of the molecule is Cc1ccc2sc(C(=O)/C=C(/c3cc(Cl)cc(Cl)c3)C(F)(F)F)cc2c1. The molecule has 1 heterocycles. The first-order valence-corrected chi connectivity index (χ1v) is 9.00. The van der Waals surface area contributed by atoms with Crippen molar-refractivity contribution in [3.05, 3.63) is 74.6 Å². The van der Waals surface area contributed by atoms with E-state index in [-0.39, 0.29) is 20.5 Å². The Labute approximate surface area is 161 Å². The lowest BCUT2D eigenvalue weighted by molar-refractivity contribution is -0.0689. The van der Waals surface area contributed by atoms with Crippen LogP contribution in [0.2, 0.25) is 10.0 Å². The topological polar surface area (TPSA) is 17.1 Å². The van der Waals surface area contributed by atoms with Crippen molar-refractivity contribution >= 4 is 56.0 Å². The standard InChI is InChI=1S/C19H11Cl2F3OS/c1-10-2-3-17-12(4-10)7-18(26-17)16(25)9-15(19(22,23)24)11-5-13(20)8-14(21)6-11/h2-9H,1H3/b15-9-. The zero-order valence-electron chi connectivity index (χ0n) is 13.3. The zero-order valence-corrected chi connectivity index (χ0v) is 15.7. The number of halogens is 5. The average molecular weight is 415 g/mol. The highest BCUT2D eigenvalue weighted by Gasteiger charge is 2.35. The molecule has 1 aromatic heterocycles. The molecule has 26 heavy (non-hydrogen) atoms. The van der Waals surface area contributed by atoms with Gasteiger partial charge in [0.1, 0.15) is 0 Å². The van der Waals surface area contributed by atoms with Crippen molar-refractivity contribution in [2.75, 3.05) is 0 Å². The number of hydrogen-bond acceptors (Lipinski definition) is 2. The van der Waals surface area contributed by atoms with Gasteiger partial charge < -0.3 is 0 Å². The van der Waals surface area contributed by atoms with E-state index in [0.717, 1.165) is 39.1 Å². The van der Waals surface area contributed by atoms with E-state index in [4.69, 9.17) is 23.2 Å². The highest BCUT2D eigenvalue weighted by molar-refractivity contribution is 7.21. The molecule has 3 rings (SSSR count). The molecule has 3 aromatic rings. The van der Waals surface area contributed by atoms with Crippen molar-refractivity contribution in [1.29, 1.82) is 0 Å². The summed E-state index contributed by atoms with van der Waals surface area (Å²) in [5.41, 5.74) is -0.324. The Balaban J connectivity index is 2.07. The molecular weight excluding hydrogens is 404 g/mol. The summed E-state index contributed by atoms with van der Waals surface area (Å²) < 4.78 is 41.3. The fraction of sp³-hybridized carbons (Fsp3) is 0.105. The Bertz CT molecular complexity index is 1010. The number of alkyl halides is 3. The van der Waals surface area contributed by atoms with Crippen LogP contribution in [0.3, 0.4) is 0 Å². The minimum absolute atomic E-state index is 0.0624. The lowest BCUT2D eigenvalue weighted by Crippen LogP contribution is -2.12. The summed E-state index contributed by atoms with van der Waals surface area (Å²) in [4.78, 5) is 12.7. The van der Waals surface area contributed by atoms with E-state index in [9.17, 15) is 18.0 Å². The van der Waals surface area contributed by atoms with Crippen molar-refractivity contribution < 1.29 is 18.0 Å². The molecule has 0 bridgehead atoms. The quantitative estimate of drug-likeness (QED) is 0.323. The molecule has 0 fully saturated rings. The minimum atomic E-state index is -4.73. The van der Waals surface area contributed by atoms with Crippen LogP contribution in [0.1, 0.15) is 20.8 Å². The van der Waals surface area contributed by atoms with Gasteiger partial charge >= 0.3 is 6.18 Å². The second-order valence-electron chi connectivity index (χ2n) is 5.73. The van der Waals surface area contributed by atoms with Gasteiger partial charge in [-0.2, -0.15) is 13.2 Å². The van der Waals surface area contributed by atoms with Crippen LogP contribution in [-0.2, 0) is 0 Å². The molecule has 0 N–H and O–H groups in total. The maximum Gasteiger partial charge on any atom is 0.417 e. The third kappa shape index (κ3) is 4.11. The normalized spacial score (nSPS) is 12.6. The minimum Gasteiger partial charge on any atom is -0.288 e. The van der Waals surface area contributed by atoms with Gasteiger partial charge in [0.25, 0.3) is 0 Å². The van der Waals surface area contributed by atoms with Crippen LogP contribution in [0.25, 0.3) is 15.7 Å². The number of benzene rings is 2. The molecule has 1 nitrogen and oxygen atoms in total. The summed E-state index contributed by atoms with van der Waals surface area (Å²) in [6.07, 6.45) is -4.13. The Morgan fingerprint density at radius 3 is 2.31 bits per heavy atom. The highest BCUT2D eigenvalue weighted by Crippen LogP contribution is 2.37. The Kier molecular flexibility index (Phi) is 5.15. The molecule has 0 aliphatic heterocycles. The van der Waals surface area contributed by atoms with E-state index in [0.29, 0.717) is 6.08 Å². The van der Waals surface area contributed by atoms with E-state index in [1.54, 1.807) is 6.07 Å². The summed E-state index contributed by atoms with van der Waals surface area (Å²) in [6.45, 7) is 1.91. The summed E-state index contributed by atoms with van der Waals surface area (Å²) in [5, 5.41) is 0.950. The van der Waals surface area contributed by atoms with E-state index >= 15 is 0 Å². The molecule has 0 saturated heterocycles. The fourth-order valence-corrected chi connectivity index (χ4v) is 4.00. The van der Waals surface area contributed by atoms with E-state index in [1.807, 2.05) is 25.1 Å². The molecule has 0 amide bonds. The first-order valence-electron chi connectivity index (χ1n) is 7.43. The molecule has 0 spiro atoms. The largest absolute Gasteiger partial charge is 0.417 e. The van der Waals surface area contributed by atoms with E-state index in [1.165, 1.54) is 6.07 Å². The molecule has 7 heteroatoms. The molecular formula is C19H11Cl2F3OS. The number of rotatable bonds is 3. The van der Waals surface area contributed by atoms with Crippen molar-refractivity contribution in [2.45, 2.75) is 13.1 Å². The molecule has 134 valence electrons. The molecule has 2 aromatic carbocycles. The number of aryl methyl sites for hydroxylation is 1. The number of hydrogen-bond donors (Lipinski definition) is 0. The molecule has 0 radical (unpaired) electrons. The van der Waals surface area contributed by atoms with Gasteiger partial charge in [-0.05, 0) is 54.3 Å². The summed E-state index contributed by atoms with van der Waals surface area (Å²) in [7, 11) is 0. The van der Waals surface area contributed by atoms with Crippen LogP contribution < -0.4 is 0 Å². The number of carbonyl (C=O) groups is 1. The number of carbonyl (C=O) groups excluding carboxylic acids is 1. The number of thiophene rings is 1.